The van der Waals surface area contributed by atoms with Gasteiger partial charge in [0.2, 0.25) is 5.91 Å². The number of nitrogens with one attached hydrogen (secondary N) is 1. The number of amides is 2. The van der Waals surface area contributed by atoms with Crippen molar-refractivity contribution in [2.75, 3.05) is 31.1 Å². The molecule has 3 heterocycles. The van der Waals surface area contributed by atoms with Crippen LogP contribution in [0.4, 0.5) is 11.5 Å². The van der Waals surface area contributed by atoms with Crippen molar-refractivity contribution < 1.29 is 9.59 Å². The van der Waals surface area contributed by atoms with E-state index < -0.39 is 0 Å². The molecule has 2 amide bonds. The van der Waals surface area contributed by atoms with Gasteiger partial charge in [-0.25, -0.2) is 0 Å². The molecule has 7 nitrogen and oxygen atoms in total. The molecule has 1 N–H and O–H groups in total. The molecular weight excluding hydrogens is 426 g/mol. The molecule has 174 valence electrons. The number of likely N-dealkylation sites (tertiary alicyclic amines) is 1. The van der Waals surface area contributed by atoms with Crippen LogP contribution in [0.25, 0.3) is 0 Å². The Morgan fingerprint density at radius 3 is 2.32 bits per heavy atom. The van der Waals surface area contributed by atoms with Gasteiger partial charge in [0.1, 0.15) is 0 Å². The molecule has 2 saturated heterocycles. The highest BCUT2D eigenvalue weighted by molar-refractivity contribution is 6.01. The third-order valence-electron chi connectivity index (χ3n) is 6.84. The Morgan fingerprint density at radius 2 is 1.68 bits per heavy atom. The van der Waals surface area contributed by atoms with Crippen LogP contribution in [0, 0.1) is 5.92 Å². The fourth-order valence-electron chi connectivity index (χ4n) is 4.91. The maximum atomic E-state index is 13.3. The average Bonchev–Trinajstić information content (AvgIpc) is 3.45. The molecule has 0 aliphatic carbocycles. The Balaban J connectivity index is 1.29. The standard InChI is InChI=1S/C27H29N5O2/c33-26(22-5-2-1-3-6-22)31-17-13-21(14-18-31)20-8-10-24(11-9-20)32(25-7-4-15-29-30-25)27(34)23-12-16-28-19-23/h1-11,15,21,23,28H,12-14,16-19H2/t23-/m1/s1. The number of rotatable bonds is 5. The predicted octanol–water partition coefficient (Wildman–Crippen LogP) is 3.77. The first-order valence-corrected chi connectivity index (χ1v) is 12.0. The summed E-state index contributed by atoms with van der Waals surface area (Å²) in [6.07, 6.45) is 4.30. The maximum Gasteiger partial charge on any atom is 0.253 e. The number of piperidine rings is 1. The first-order valence-electron chi connectivity index (χ1n) is 12.0. The van der Waals surface area contributed by atoms with Gasteiger partial charge in [0.05, 0.1) is 11.6 Å². The van der Waals surface area contributed by atoms with E-state index in [4.69, 9.17) is 0 Å². The Bertz CT molecular complexity index is 1110. The van der Waals surface area contributed by atoms with Crippen molar-refractivity contribution in [2.45, 2.75) is 25.2 Å². The minimum atomic E-state index is -0.0619. The van der Waals surface area contributed by atoms with E-state index in [9.17, 15) is 9.59 Å². The van der Waals surface area contributed by atoms with Crippen molar-refractivity contribution in [3.8, 4) is 0 Å². The number of anilines is 2. The molecule has 0 radical (unpaired) electrons. The molecule has 0 spiro atoms. The van der Waals surface area contributed by atoms with E-state index in [1.165, 1.54) is 5.56 Å². The van der Waals surface area contributed by atoms with Crippen LogP contribution in [0.5, 0.6) is 0 Å². The van der Waals surface area contributed by atoms with Gasteiger partial charge in [0.15, 0.2) is 5.82 Å². The Morgan fingerprint density at radius 1 is 0.912 bits per heavy atom. The first-order chi connectivity index (χ1) is 16.7. The van der Waals surface area contributed by atoms with Gasteiger partial charge in [0.25, 0.3) is 5.91 Å². The summed E-state index contributed by atoms with van der Waals surface area (Å²) < 4.78 is 0. The van der Waals surface area contributed by atoms with Crippen molar-refractivity contribution in [3.05, 3.63) is 84.1 Å². The number of hydrogen-bond acceptors (Lipinski definition) is 5. The van der Waals surface area contributed by atoms with E-state index in [0.717, 1.165) is 50.1 Å². The van der Waals surface area contributed by atoms with Gasteiger partial charge >= 0.3 is 0 Å². The molecule has 1 atom stereocenters. The monoisotopic (exact) mass is 455 g/mol. The minimum Gasteiger partial charge on any atom is -0.339 e. The third kappa shape index (κ3) is 4.70. The zero-order valence-corrected chi connectivity index (χ0v) is 19.1. The van der Waals surface area contributed by atoms with Gasteiger partial charge in [-0.05, 0) is 73.7 Å². The van der Waals surface area contributed by atoms with Gasteiger partial charge in [-0.2, -0.15) is 5.10 Å². The number of hydrogen-bond donors (Lipinski definition) is 1. The first kappa shape index (κ1) is 22.2. The van der Waals surface area contributed by atoms with Gasteiger partial charge in [-0.1, -0.05) is 30.3 Å². The highest BCUT2D eigenvalue weighted by Gasteiger charge is 2.30. The van der Waals surface area contributed by atoms with E-state index >= 15 is 0 Å². The molecule has 1 aromatic heterocycles. The summed E-state index contributed by atoms with van der Waals surface area (Å²) >= 11 is 0. The molecule has 2 aromatic carbocycles. The summed E-state index contributed by atoms with van der Waals surface area (Å²) in [7, 11) is 0. The SMILES string of the molecule is O=C(c1ccccc1)N1CCC(c2ccc(N(C(=O)[C@@H]3CCNC3)c3cccnn3)cc2)CC1. The topological polar surface area (TPSA) is 78.4 Å². The molecule has 34 heavy (non-hydrogen) atoms. The Kier molecular flexibility index (Phi) is 6.62. The lowest BCUT2D eigenvalue weighted by molar-refractivity contribution is -0.121. The fourth-order valence-corrected chi connectivity index (χ4v) is 4.91. The van der Waals surface area contributed by atoms with Crippen LogP contribution in [-0.4, -0.2) is 53.1 Å². The Labute approximate surface area is 199 Å². The number of carbonyl (C=O) groups excluding carboxylic acids is 2. The number of carbonyl (C=O) groups is 2. The third-order valence-corrected chi connectivity index (χ3v) is 6.84. The van der Waals surface area contributed by atoms with Crippen LogP contribution in [-0.2, 0) is 4.79 Å². The molecule has 7 heteroatoms. The highest BCUT2D eigenvalue weighted by Crippen LogP contribution is 2.32. The smallest absolute Gasteiger partial charge is 0.253 e. The van der Waals surface area contributed by atoms with Crippen LogP contribution in [0.15, 0.2) is 72.9 Å². The van der Waals surface area contributed by atoms with Gasteiger partial charge < -0.3 is 10.2 Å². The van der Waals surface area contributed by atoms with E-state index in [1.54, 1.807) is 17.2 Å². The lowest BCUT2D eigenvalue weighted by Gasteiger charge is -2.32. The van der Waals surface area contributed by atoms with Crippen LogP contribution in [0.1, 0.15) is 41.1 Å². The van der Waals surface area contributed by atoms with Gasteiger partial charge in [-0.15, -0.1) is 5.10 Å². The molecule has 0 unspecified atom stereocenters. The van der Waals surface area contributed by atoms with Crippen molar-refractivity contribution >= 4 is 23.3 Å². The van der Waals surface area contributed by atoms with Gasteiger partial charge in [-0.3, -0.25) is 14.5 Å². The average molecular weight is 456 g/mol. The van der Waals surface area contributed by atoms with Crippen molar-refractivity contribution in [1.29, 1.82) is 0 Å². The molecular formula is C27H29N5O2. The van der Waals surface area contributed by atoms with E-state index in [-0.39, 0.29) is 17.7 Å². The van der Waals surface area contributed by atoms with Crippen LogP contribution >= 0.6 is 0 Å². The summed E-state index contributed by atoms with van der Waals surface area (Å²) in [5.74, 6) is 1.03. The molecule has 0 saturated carbocycles. The molecule has 2 aliphatic rings. The molecule has 3 aromatic rings. The fraction of sp³-hybridized carbons (Fsp3) is 0.333. The second-order valence-electron chi connectivity index (χ2n) is 8.97. The van der Waals surface area contributed by atoms with Crippen molar-refractivity contribution in [1.82, 2.24) is 20.4 Å². The van der Waals surface area contributed by atoms with E-state index in [0.29, 0.717) is 18.3 Å². The maximum absolute atomic E-state index is 13.3. The van der Waals surface area contributed by atoms with E-state index in [2.05, 4.69) is 27.6 Å². The lowest BCUT2D eigenvalue weighted by atomic mass is 9.89. The zero-order chi connectivity index (χ0) is 23.3. The van der Waals surface area contributed by atoms with Crippen LogP contribution in [0.3, 0.4) is 0 Å². The van der Waals surface area contributed by atoms with Gasteiger partial charge in [0, 0.05) is 31.4 Å². The van der Waals surface area contributed by atoms with Crippen molar-refractivity contribution in [2.24, 2.45) is 5.92 Å². The molecule has 2 aliphatic heterocycles. The highest BCUT2D eigenvalue weighted by atomic mass is 16.2. The molecule has 5 rings (SSSR count). The van der Waals surface area contributed by atoms with Crippen molar-refractivity contribution in [3.63, 3.8) is 0 Å². The molecule has 0 bridgehead atoms. The van der Waals surface area contributed by atoms with E-state index in [1.807, 2.05) is 53.4 Å². The number of benzene rings is 2. The Hall–Kier alpha value is -3.58. The summed E-state index contributed by atoms with van der Waals surface area (Å²) in [5.41, 5.74) is 2.79. The summed E-state index contributed by atoms with van der Waals surface area (Å²) in [6, 6.07) is 21.3. The summed E-state index contributed by atoms with van der Waals surface area (Å²) in [4.78, 5) is 29.7. The van der Waals surface area contributed by atoms with Crippen LogP contribution in [0.2, 0.25) is 0 Å². The normalized spacial score (nSPS) is 18.6. The second kappa shape index (κ2) is 10.1. The summed E-state index contributed by atoms with van der Waals surface area (Å²) in [5, 5.41) is 11.5. The zero-order valence-electron chi connectivity index (χ0n) is 19.1. The lowest BCUT2D eigenvalue weighted by Crippen LogP contribution is -2.37. The largest absolute Gasteiger partial charge is 0.339 e. The predicted molar refractivity (Wildman–Crippen MR) is 131 cm³/mol. The quantitative estimate of drug-likeness (QED) is 0.634. The number of aromatic nitrogens is 2. The minimum absolute atomic E-state index is 0.0472. The summed E-state index contributed by atoms with van der Waals surface area (Å²) in [6.45, 7) is 3.04. The molecule has 2 fully saturated rings. The number of nitrogens with zero attached hydrogens (tertiary/aromatic N) is 4. The second-order valence-corrected chi connectivity index (χ2v) is 8.97. The van der Waals surface area contributed by atoms with Crippen LogP contribution < -0.4 is 10.2 Å².